The molecule has 36 heavy (non-hydrogen) atoms. The number of nitrogens with one attached hydrogen (secondary N) is 1. The first-order valence-electron chi connectivity index (χ1n) is 12.1. The number of likely N-dealkylation sites (tertiary alicyclic amines) is 1. The maximum Gasteiger partial charge on any atom is 0.252 e. The van der Waals surface area contributed by atoms with Gasteiger partial charge in [0, 0.05) is 48.0 Å². The number of fused-ring (bicyclic) bond motifs is 1. The molecule has 1 aliphatic heterocycles. The first-order chi connectivity index (χ1) is 17.6. The molecular formula is C29H28N4O3. The molecule has 1 N–H and O–H groups in total. The van der Waals surface area contributed by atoms with Crippen molar-refractivity contribution in [1.29, 1.82) is 0 Å². The zero-order chi connectivity index (χ0) is 24.9. The van der Waals surface area contributed by atoms with Gasteiger partial charge in [-0.3, -0.25) is 14.6 Å². The highest BCUT2D eigenvalue weighted by Gasteiger charge is 2.25. The van der Waals surface area contributed by atoms with Crippen molar-refractivity contribution in [2.75, 3.05) is 20.2 Å². The number of methoxy groups -OCH3 is 1. The summed E-state index contributed by atoms with van der Waals surface area (Å²) in [5.74, 6) is 0.679. The lowest BCUT2D eigenvalue weighted by atomic mass is 10.0. The maximum atomic E-state index is 13.4. The van der Waals surface area contributed by atoms with Crippen molar-refractivity contribution < 1.29 is 14.3 Å². The van der Waals surface area contributed by atoms with Gasteiger partial charge in [-0.15, -0.1) is 0 Å². The second kappa shape index (κ2) is 10.6. The van der Waals surface area contributed by atoms with Crippen molar-refractivity contribution in [2.24, 2.45) is 0 Å². The second-order valence-corrected chi connectivity index (χ2v) is 8.93. The van der Waals surface area contributed by atoms with Crippen molar-refractivity contribution >= 4 is 22.7 Å². The summed E-state index contributed by atoms with van der Waals surface area (Å²) in [7, 11) is 1.61. The molecule has 0 saturated carbocycles. The van der Waals surface area contributed by atoms with E-state index in [1.54, 1.807) is 19.5 Å². The van der Waals surface area contributed by atoms with E-state index >= 15 is 0 Å². The number of amides is 2. The number of aromatic nitrogens is 2. The summed E-state index contributed by atoms with van der Waals surface area (Å²) in [6, 6.07) is 20.9. The minimum Gasteiger partial charge on any atom is -0.496 e. The van der Waals surface area contributed by atoms with Gasteiger partial charge in [-0.1, -0.05) is 36.4 Å². The quantitative estimate of drug-likeness (QED) is 0.446. The van der Waals surface area contributed by atoms with E-state index in [0.717, 1.165) is 33.5 Å². The lowest BCUT2D eigenvalue weighted by Crippen LogP contribution is -2.47. The molecule has 4 aromatic rings. The molecule has 0 aliphatic carbocycles. The first-order valence-corrected chi connectivity index (χ1v) is 12.1. The minimum absolute atomic E-state index is 0.00381. The van der Waals surface area contributed by atoms with Crippen LogP contribution in [0.3, 0.4) is 0 Å². The van der Waals surface area contributed by atoms with E-state index in [9.17, 15) is 9.59 Å². The van der Waals surface area contributed by atoms with Crippen LogP contribution >= 0.6 is 0 Å². The number of para-hydroxylation sites is 2. The van der Waals surface area contributed by atoms with Gasteiger partial charge in [0.1, 0.15) is 5.75 Å². The number of rotatable bonds is 6. The number of pyridine rings is 2. The summed E-state index contributed by atoms with van der Waals surface area (Å²) in [5, 5.41) is 4.01. The largest absolute Gasteiger partial charge is 0.496 e. The highest BCUT2D eigenvalue weighted by atomic mass is 16.5. The summed E-state index contributed by atoms with van der Waals surface area (Å²) in [5.41, 5.74) is 3.90. The van der Waals surface area contributed by atoms with E-state index < -0.39 is 0 Å². The number of carbonyl (C=O) groups excluding carboxylic acids is 2. The van der Waals surface area contributed by atoms with Crippen LogP contribution in [-0.2, 0) is 11.2 Å². The Morgan fingerprint density at radius 3 is 2.50 bits per heavy atom. The average molecular weight is 481 g/mol. The Balaban J connectivity index is 1.26. The normalized spacial score (nSPS) is 14.0. The number of hydrogen-bond donors (Lipinski definition) is 1. The van der Waals surface area contributed by atoms with E-state index in [1.165, 1.54) is 0 Å². The Bertz CT molecular complexity index is 1380. The molecular weight excluding hydrogens is 452 g/mol. The molecule has 1 fully saturated rings. The van der Waals surface area contributed by atoms with Crippen LogP contribution in [0.25, 0.3) is 22.2 Å². The van der Waals surface area contributed by atoms with Gasteiger partial charge in [0.2, 0.25) is 5.91 Å². The number of carbonyl (C=O) groups is 2. The number of nitrogens with zero attached hydrogens (tertiary/aromatic N) is 3. The number of benzene rings is 2. The molecule has 0 unspecified atom stereocenters. The molecule has 2 amide bonds. The van der Waals surface area contributed by atoms with E-state index in [1.807, 2.05) is 71.6 Å². The molecule has 182 valence electrons. The maximum absolute atomic E-state index is 13.4. The molecule has 7 nitrogen and oxygen atoms in total. The van der Waals surface area contributed by atoms with Crippen molar-refractivity contribution in [1.82, 2.24) is 20.2 Å². The molecule has 2 aromatic carbocycles. The van der Waals surface area contributed by atoms with Crippen LogP contribution in [0.15, 0.2) is 79.1 Å². The molecule has 0 spiro atoms. The lowest BCUT2D eigenvalue weighted by molar-refractivity contribution is -0.131. The van der Waals surface area contributed by atoms with E-state index in [4.69, 9.17) is 9.72 Å². The number of ether oxygens (including phenoxy) is 1. The Morgan fingerprint density at radius 1 is 1.00 bits per heavy atom. The molecule has 0 bridgehead atoms. The molecule has 1 aliphatic rings. The fraction of sp³-hybridized carbons (Fsp3) is 0.241. The Morgan fingerprint density at radius 2 is 1.72 bits per heavy atom. The van der Waals surface area contributed by atoms with Crippen LogP contribution in [0.1, 0.15) is 28.8 Å². The summed E-state index contributed by atoms with van der Waals surface area (Å²) >= 11 is 0. The first kappa shape index (κ1) is 23.5. The summed E-state index contributed by atoms with van der Waals surface area (Å²) in [6.07, 6.45) is 5.17. The van der Waals surface area contributed by atoms with Gasteiger partial charge in [0.05, 0.1) is 30.3 Å². The van der Waals surface area contributed by atoms with Gasteiger partial charge < -0.3 is 15.0 Å². The molecule has 3 heterocycles. The number of hydrogen-bond acceptors (Lipinski definition) is 5. The second-order valence-electron chi connectivity index (χ2n) is 8.93. The molecule has 2 aromatic heterocycles. The van der Waals surface area contributed by atoms with Gasteiger partial charge in [-0.05, 0) is 43.2 Å². The van der Waals surface area contributed by atoms with E-state index in [-0.39, 0.29) is 17.9 Å². The zero-order valence-electron chi connectivity index (χ0n) is 20.2. The highest BCUT2D eigenvalue weighted by molar-refractivity contribution is 6.07. The minimum atomic E-state index is -0.122. The third-order valence-corrected chi connectivity index (χ3v) is 6.65. The SMILES string of the molecule is COc1ccccc1CC(=O)N1CCC(NC(=O)c2cc(-c3ccncc3)nc3ccccc23)CC1. The van der Waals surface area contributed by atoms with Gasteiger partial charge in [-0.25, -0.2) is 4.98 Å². The van der Waals surface area contributed by atoms with Crippen molar-refractivity contribution in [2.45, 2.75) is 25.3 Å². The van der Waals surface area contributed by atoms with Crippen LogP contribution in [0.5, 0.6) is 5.75 Å². The standard InChI is InChI=1S/C29H28N4O3/c1-36-27-9-5-2-6-21(27)18-28(34)33-16-12-22(13-17-33)31-29(35)24-19-26(20-10-14-30-15-11-20)32-25-8-4-3-7-23(24)25/h2-11,14-15,19,22H,12-13,16-18H2,1H3,(H,31,35). The fourth-order valence-electron chi connectivity index (χ4n) is 4.69. The van der Waals surface area contributed by atoms with Crippen molar-refractivity contribution in [3.63, 3.8) is 0 Å². The van der Waals surface area contributed by atoms with Crippen molar-refractivity contribution in [3.05, 3.63) is 90.3 Å². The third kappa shape index (κ3) is 5.05. The summed E-state index contributed by atoms with van der Waals surface area (Å²) < 4.78 is 5.38. The average Bonchev–Trinajstić information content (AvgIpc) is 2.93. The smallest absolute Gasteiger partial charge is 0.252 e. The topological polar surface area (TPSA) is 84.4 Å². The van der Waals surface area contributed by atoms with Crippen LogP contribution in [0.4, 0.5) is 0 Å². The number of piperidine rings is 1. The lowest BCUT2D eigenvalue weighted by Gasteiger charge is -2.32. The van der Waals surface area contributed by atoms with E-state index in [2.05, 4.69) is 10.3 Å². The van der Waals surface area contributed by atoms with Crippen LogP contribution in [0.2, 0.25) is 0 Å². The molecule has 7 heteroatoms. The van der Waals surface area contributed by atoms with E-state index in [0.29, 0.717) is 37.9 Å². The third-order valence-electron chi connectivity index (χ3n) is 6.65. The van der Waals surface area contributed by atoms with Gasteiger partial charge in [0.15, 0.2) is 0 Å². The predicted octanol–water partition coefficient (Wildman–Crippen LogP) is 4.27. The Kier molecular flexibility index (Phi) is 6.89. The van der Waals surface area contributed by atoms with Gasteiger partial charge >= 0.3 is 0 Å². The highest BCUT2D eigenvalue weighted by Crippen LogP contribution is 2.25. The monoisotopic (exact) mass is 480 g/mol. The zero-order valence-corrected chi connectivity index (χ0v) is 20.2. The van der Waals surface area contributed by atoms with Gasteiger partial charge in [-0.2, -0.15) is 0 Å². The van der Waals surface area contributed by atoms with Crippen LogP contribution in [-0.4, -0.2) is 52.9 Å². The summed E-state index contributed by atoms with van der Waals surface area (Å²) in [6.45, 7) is 1.22. The Hall–Kier alpha value is -4.26. The van der Waals surface area contributed by atoms with Crippen LogP contribution in [0, 0.1) is 0 Å². The molecule has 0 radical (unpaired) electrons. The fourth-order valence-corrected chi connectivity index (χ4v) is 4.69. The Labute approximate surface area is 210 Å². The molecule has 1 saturated heterocycles. The summed E-state index contributed by atoms with van der Waals surface area (Å²) in [4.78, 5) is 37.0. The van der Waals surface area contributed by atoms with Gasteiger partial charge in [0.25, 0.3) is 5.91 Å². The molecule has 5 rings (SSSR count). The predicted molar refractivity (Wildman–Crippen MR) is 139 cm³/mol. The van der Waals surface area contributed by atoms with Crippen molar-refractivity contribution in [3.8, 4) is 17.0 Å². The van der Waals surface area contributed by atoms with Crippen LogP contribution < -0.4 is 10.1 Å². The molecule has 0 atom stereocenters.